The molecule has 1 aliphatic heterocycles. The van der Waals surface area contributed by atoms with Crippen molar-refractivity contribution in [1.82, 2.24) is 19.7 Å². The van der Waals surface area contributed by atoms with Crippen LogP contribution in [0.1, 0.15) is 33.5 Å². The molecule has 2 aromatic carbocycles. The molecular weight excluding hydrogens is 459 g/mol. The lowest BCUT2D eigenvalue weighted by atomic mass is 10.1. The van der Waals surface area contributed by atoms with Crippen molar-refractivity contribution in [3.8, 4) is 0 Å². The Bertz CT molecular complexity index is 1000. The third-order valence-corrected chi connectivity index (χ3v) is 6.96. The quantitative estimate of drug-likeness (QED) is 0.453. The monoisotopic (exact) mass is 486 g/mol. The molecule has 33 heavy (non-hydrogen) atoms. The van der Waals surface area contributed by atoms with Crippen LogP contribution in [0, 0.1) is 5.82 Å². The van der Waals surface area contributed by atoms with Crippen LogP contribution < -0.4 is 0 Å². The minimum absolute atomic E-state index is 0.0102. The van der Waals surface area contributed by atoms with Crippen molar-refractivity contribution in [1.29, 1.82) is 0 Å². The molecule has 1 aliphatic rings. The topological polar surface area (TPSA) is 39.7 Å². The average molecular weight is 487 g/mol. The molecule has 1 aromatic heterocycles. The summed E-state index contributed by atoms with van der Waals surface area (Å²) in [7, 11) is 0. The second-order valence-electron chi connectivity index (χ2n) is 8.25. The number of carbonyl (C=O) groups is 1. The summed E-state index contributed by atoms with van der Waals surface area (Å²) in [5.74, 6) is -0.234. The molecule has 1 saturated heterocycles. The first-order valence-corrected chi connectivity index (χ1v) is 12.4. The Hall–Kier alpha value is -2.32. The summed E-state index contributed by atoms with van der Waals surface area (Å²) in [6.07, 6.45) is 0. The summed E-state index contributed by atoms with van der Waals surface area (Å²) in [4.78, 5) is 24.1. The third-order valence-electron chi connectivity index (χ3n) is 5.88. The van der Waals surface area contributed by atoms with Crippen LogP contribution in [-0.2, 0) is 19.6 Å². The first-order chi connectivity index (χ1) is 16.0. The number of carbonyl (C=O) groups excluding carboxylic acids is 1. The van der Waals surface area contributed by atoms with Gasteiger partial charge in [0.25, 0.3) is 5.91 Å². The molecule has 1 fully saturated rings. The second kappa shape index (κ2) is 11.2. The van der Waals surface area contributed by atoms with Crippen LogP contribution in [0.3, 0.4) is 0 Å². The zero-order chi connectivity index (χ0) is 23.2. The number of thiazole rings is 1. The number of amides is 1. The smallest absolute Gasteiger partial charge is 0.273 e. The summed E-state index contributed by atoms with van der Waals surface area (Å²) in [5, 5.41) is 3.45. The maximum atomic E-state index is 13.4. The molecule has 0 aliphatic carbocycles. The molecule has 174 valence electrons. The number of halogens is 2. The van der Waals surface area contributed by atoms with E-state index in [2.05, 4.69) is 21.7 Å². The van der Waals surface area contributed by atoms with Crippen LogP contribution in [0.2, 0.25) is 5.02 Å². The molecule has 0 spiro atoms. The lowest BCUT2D eigenvalue weighted by Gasteiger charge is -2.33. The van der Waals surface area contributed by atoms with Crippen molar-refractivity contribution < 1.29 is 9.18 Å². The zero-order valence-electron chi connectivity index (χ0n) is 18.7. The van der Waals surface area contributed by atoms with E-state index in [4.69, 9.17) is 11.6 Å². The highest BCUT2D eigenvalue weighted by atomic mass is 35.5. The standard InChI is InChI=1S/C25H28ClFN4OS/c1-2-29-11-13-31(14-12-29)25(32)23-18-33-24(28-23)17-30(15-19-3-7-21(26)8-4-19)16-20-5-9-22(27)10-6-20/h3-10,18H,2,11-17H2,1H3. The molecule has 0 bridgehead atoms. The summed E-state index contributed by atoms with van der Waals surface area (Å²) in [5.41, 5.74) is 2.67. The van der Waals surface area contributed by atoms with Gasteiger partial charge in [-0.25, -0.2) is 9.37 Å². The van der Waals surface area contributed by atoms with Crippen molar-refractivity contribution in [2.24, 2.45) is 0 Å². The fraction of sp³-hybridized carbons (Fsp3) is 0.360. The van der Waals surface area contributed by atoms with E-state index in [0.717, 1.165) is 48.9 Å². The van der Waals surface area contributed by atoms with E-state index in [0.29, 0.717) is 30.4 Å². The van der Waals surface area contributed by atoms with E-state index in [1.165, 1.54) is 23.5 Å². The van der Waals surface area contributed by atoms with E-state index in [-0.39, 0.29) is 11.7 Å². The molecular formula is C25H28ClFN4OS. The van der Waals surface area contributed by atoms with Gasteiger partial charge in [0.15, 0.2) is 0 Å². The van der Waals surface area contributed by atoms with Crippen molar-refractivity contribution in [3.63, 3.8) is 0 Å². The minimum atomic E-state index is -0.245. The molecule has 0 radical (unpaired) electrons. The van der Waals surface area contributed by atoms with Gasteiger partial charge < -0.3 is 9.80 Å². The van der Waals surface area contributed by atoms with Crippen LogP contribution in [0.5, 0.6) is 0 Å². The number of aromatic nitrogens is 1. The highest BCUT2D eigenvalue weighted by Crippen LogP contribution is 2.20. The van der Waals surface area contributed by atoms with Crippen LogP contribution in [0.25, 0.3) is 0 Å². The first-order valence-electron chi connectivity index (χ1n) is 11.2. The van der Waals surface area contributed by atoms with Crippen LogP contribution >= 0.6 is 22.9 Å². The van der Waals surface area contributed by atoms with Crippen LogP contribution in [0.4, 0.5) is 4.39 Å². The van der Waals surface area contributed by atoms with Gasteiger partial charge in [0.05, 0.1) is 6.54 Å². The Morgan fingerprint density at radius 1 is 1.00 bits per heavy atom. The van der Waals surface area contributed by atoms with Gasteiger partial charge in [-0.2, -0.15) is 0 Å². The molecule has 0 atom stereocenters. The van der Waals surface area contributed by atoms with Gasteiger partial charge in [-0.3, -0.25) is 9.69 Å². The Balaban J connectivity index is 1.45. The van der Waals surface area contributed by atoms with Crippen LogP contribution in [-0.4, -0.2) is 58.3 Å². The molecule has 0 unspecified atom stereocenters. The zero-order valence-corrected chi connectivity index (χ0v) is 20.3. The molecule has 1 amide bonds. The van der Waals surface area contributed by atoms with Gasteiger partial charge in [0.1, 0.15) is 16.5 Å². The Morgan fingerprint density at radius 2 is 1.61 bits per heavy atom. The highest BCUT2D eigenvalue weighted by molar-refractivity contribution is 7.09. The maximum absolute atomic E-state index is 13.4. The summed E-state index contributed by atoms with van der Waals surface area (Å²) < 4.78 is 13.4. The van der Waals surface area contributed by atoms with Gasteiger partial charge in [0, 0.05) is 49.7 Å². The molecule has 0 N–H and O–H groups in total. The number of likely N-dealkylation sites (N-methyl/N-ethyl adjacent to an activating group) is 1. The summed E-state index contributed by atoms with van der Waals surface area (Å²) >= 11 is 7.55. The van der Waals surface area contributed by atoms with E-state index < -0.39 is 0 Å². The fourth-order valence-corrected chi connectivity index (χ4v) is 4.90. The predicted molar refractivity (Wildman–Crippen MR) is 131 cm³/mol. The van der Waals surface area contributed by atoms with Gasteiger partial charge >= 0.3 is 0 Å². The highest BCUT2D eigenvalue weighted by Gasteiger charge is 2.23. The van der Waals surface area contributed by atoms with E-state index in [1.54, 1.807) is 12.1 Å². The molecule has 4 rings (SSSR count). The molecule has 3 aromatic rings. The lowest BCUT2D eigenvalue weighted by molar-refractivity contribution is 0.0638. The van der Waals surface area contributed by atoms with Gasteiger partial charge in [0.2, 0.25) is 0 Å². The average Bonchev–Trinajstić information content (AvgIpc) is 3.30. The largest absolute Gasteiger partial charge is 0.335 e. The number of hydrogen-bond acceptors (Lipinski definition) is 5. The molecule has 2 heterocycles. The van der Waals surface area contributed by atoms with Crippen LogP contribution in [0.15, 0.2) is 53.9 Å². The number of piperazine rings is 1. The number of nitrogens with zero attached hydrogens (tertiary/aromatic N) is 4. The van der Waals surface area contributed by atoms with Gasteiger partial charge in [-0.05, 0) is 41.9 Å². The van der Waals surface area contributed by atoms with Crippen molar-refractivity contribution in [2.45, 2.75) is 26.6 Å². The van der Waals surface area contributed by atoms with E-state index >= 15 is 0 Å². The minimum Gasteiger partial charge on any atom is -0.335 e. The molecule has 5 nitrogen and oxygen atoms in total. The number of rotatable bonds is 8. The maximum Gasteiger partial charge on any atom is 0.273 e. The van der Waals surface area contributed by atoms with E-state index in [9.17, 15) is 9.18 Å². The first kappa shape index (κ1) is 23.8. The summed E-state index contributed by atoms with van der Waals surface area (Å²) in [6.45, 7) is 8.39. The normalized spacial score (nSPS) is 14.7. The molecule has 8 heteroatoms. The molecule has 0 saturated carbocycles. The van der Waals surface area contributed by atoms with Crippen molar-refractivity contribution >= 4 is 28.8 Å². The van der Waals surface area contributed by atoms with E-state index in [1.807, 2.05) is 34.5 Å². The summed E-state index contributed by atoms with van der Waals surface area (Å²) in [6, 6.07) is 14.3. The lowest BCUT2D eigenvalue weighted by Crippen LogP contribution is -2.48. The van der Waals surface area contributed by atoms with Crippen molar-refractivity contribution in [3.05, 3.63) is 86.6 Å². The Kier molecular flexibility index (Phi) is 8.09. The Labute approximate surface area is 203 Å². The number of benzene rings is 2. The second-order valence-corrected chi connectivity index (χ2v) is 9.63. The van der Waals surface area contributed by atoms with Crippen molar-refractivity contribution in [2.75, 3.05) is 32.7 Å². The predicted octanol–water partition coefficient (Wildman–Crippen LogP) is 4.92. The fourth-order valence-electron chi connectivity index (χ4n) is 3.97. The Morgan fingerprint density at radius 3 is 2.21 bits per heavy atom. The van der Waals surface area contributed by atoms with Gasteiger partial charge in [-0.15, -0.1) is 11.3 Å². The SMILES string of the molecule is CCN1CCN(C(=O)c2csc(CN(Cc3ccc(F)cc3)Cc3ccc(Cl)cc3)n2)CC1. The van der Waals surface area contributed by atoms with Gasteiger partial charge in [-0.1, -0.05) is 42.8 Å². The number of hydrogen-bond donors (Lipinski definition) is 0. The third kappa shape index (κ3) is 6.60.